The van der Waals surface area contributed by atoms with E-state index in [9.17, 15) is 0 Å². The Labute approximate surface area is 114 Å². The van der Waals surface area contributed by atoms with Gasteiger partial charge in [-0.15, -0.1) is 0 Å². The first kappa shape index (κ1) is 12.7. The fourth-order valence-corrected chi connectivity index (χ4v) is 3.24. The maximum Gasteiger partial charge on any atom is 0.218 e. The van der Waals surface area contributed by atoms with E-state index in [2.05, 4.69) is 34.0 Å². The lowest BCUT2D eigenvalue weighted by Gasteiger charge is -2.25. The highest BCUT2D eigenvalue weighted by molar-refractivity contribution is 5.44. The third-order valence-electron chi connectivity index (χ3n) is 4.31. The van der Waals surface area contributed by atoms with E-state index in [1.54, 1.807) is 6.33 Å². The molecular formula is C14H22N4O. The van der Waals surface area contributed by atoms with Gasteiger partial charge in [0.05, 0.1) is 6.61 Å². The highest BCUT2D eigenvalue weighted by Gasteiger charge is 2.42. The van der Waals surface area contributed by atoms with E-state index in [4.69, 9.17) is 4.74 Å². The third kappa shape index (κ3) is 2.39. The summed E-state index contributed by atoms with van der Waals surface area (Å²) < 4.78 is 5.59. The molecule has 104 valence electrons. The summed E-state index contributed by atoms with van der Waals surface area (Å²) in [7, 11) is 0. The summed E-state index contributed by atoms with van der Waals surface area (Å²) in [4.78, 5) is 11.0. The number of nitrogens with one attached hydrogen (secondary N) is 1. The Morgan fingerprint density at radius 3 is 3.11 bits per heavy atom. The van der Waals surface area contributed by atoms with Crippen LogP contribution < -0.4 is 15.0 Å². The third-order valence-corrected chi connectivity index (χ3v) is 4.31. The van der Waals surface area contributed by atoms with Gasteiger partial charge in [-0.3, -0.25) is 0 Å². The van der Waals surface area contributed by atoms with Crippen LogP contribution in [-0.4, -0.2) is 42.3 Å². The Morgan fingerprint density at radius 1 is 1.42 bits per heavy atom. The smallest absolute Gasteiger partial charge is 0.218 e. The molecule has 0 aromatic carbocycles. The first-order valence-corrected chi connectivity index (χ1v) is 7.21. The number of aromatic nitrogens is 2. The zero-order valence-corrected chi connectivity index (χ0v) is 11.7. The molecule has 3 atom stereocenters. The van der Waals surface area contributed by atoms with Crippen LogP contribution in [0.25, 0.3) is 0 Å². The summed E-state index contributed by atoms with van der Waals surface area (Å²) in [5.41, 5.74) is 0. The summed E-state index contributed by atoms with van der Waals surface area (Å²) in [6.45, 7) is 8.46. The molecule has 5 heteroatoms. The van der Waals surface area contributed by atoms with E-state index < -0.39 is 0 Å². The summed E-state index contributed by atoms with van der Waals surface area (Å²) in [5.74, 6) is 3.19. The van der Waals surface area contributed by atoms with E-state index in [0.29, 0.717) is 18.5 Å². The fourth-order valence-electron chi connectivity index (χ4n) is 3.24. The second-order valence-corrected chi connectivity index (χ2v) is 5.54. The summed E-state index contributed by atoms with van der Waals surface area (Å²) in [6, 6.07) is 2.51. The first-order chi connectivity index (χ1) is 9.29. The van der Waals surface area contributed by atoms with Crippen molar-refractivity contribution in [3.63, 3.8) is 0 Å². The Bertz CT molecular complexity index is 439. The van der Waals surface area contributed by atoms with Gasteiger partial charge in [-0.05, 0) is 25.2 Å². The summed E-state index contributed by atoms with van der Waals surface area (Å²) in [5, 5.41) is 3.48. The molecule has 1 aromatic heterocycles. The molecule has 19 heavy (non-hydrogen) atoms. The van der Waals surface area contributed by atoms with E-state index in [-0.39, 0.29) is 0 Å². The minimum atomic E-state index is 0.536. The molecule has 2 aliphatic rings. The van der Waals surface area contributed by atoms with Crippen molar-refractivity contribution in [2.75, 3.05) is 31.1 Å². The first-order valence-electron chi connectivity index (χ1n) is 7.21. The van der Waals surface area contributed by atoms with Gasteiger partial charge in [0, 0.05) is 31.7 Å². The predicted molar refractivity (Wildman–Crippen MR) is 74.5 cm³/mol. The minimum Gasteiger partial charge on any atom is -0.478 e. The Balaban J connectivity index is 1.75. The van der Waals surface area contributed by atoms with Crippen LogP contribution >= 0.6 is 0 Å². The standard InChI is InChI=1S/C14H22N4O/c1-3-4-19-14-5-13(16-9-17-14)18-8-11-6-15-7-12(11)10(18)2/h5,9-12,15H,3-4,6-8H2,1-2H3. The number of anilines is 1. The topological polar surface area (TPSA) is 50.3 Å². The van der Waals surface area contributed by atoms with Gasteiger partial charge in [-0.1, -0.05) is 6.92 Å². The number of ether oxygens (including phenoxy) is 1. The molecule has 0 saturated carbocycles. The molecule has 2 fully saturated rings. The van der Waals surface area contributed by atoms with Crippen molar-refractivity contribution < 1.29 is 4.74 Å². The summed E-state index contributed by atoms with van der Waals surface area (Å²) in [6.07, 6.45) is 2.61. The van der Waals surface area contributed by atoms with Crippen molar-refractivity contribution in [2.24, 2.45) is 11.8 Å². The Morgan fingerprint density at radius 2 is 2.32 bits per heavy atom. The zero-order chi connectivity index (χ0) is 13.2. The highest BCUT2D eigenvalue weighted by atomic mass is 16.5. The quantitative estimate of drug-likeness (QED) is 0.886. The molecule has 1 N–H and O–H groups in total. The van der Waals surface area contributed by atoms with Gasteiger partial charge < -0.3 is 15.0 Å². The van der Waals surface area contributed by atoms with Crippen LogP contribution in [0.15, 0.2) is 12.4 Å². The van der Waals surface area contributed by atoms with E-state index in [0.717, 1.165) is 43.7 Å². The van der Waals surface area contributed by atoms with E-state index >= 15 is 0 Å². The monoisotopic (exact) mass is 262 g/mol. The van der Waals surface area contributed by atoms with Crippen LogP contribution in [0.1, 0.15) is 20.3 Å². The molecule has 1 aromatic rings. The molecule has 3 heterocycles. The van der Waals surface area contributed by atoms with Gasteiger partial charge in [0.25, 0.3) is 0 Å². The second kappa shape index (κ2) is 5.33. The van der Waals surface area contributed by atoms with Gasteiger partial charge >= 0.3 is 0 Å². The normalized spacial score (nSPS) is 29.6. The van der Waals surface area contributed by atoms with Crippen molar-refractivity contribution in [1.29, 1.82) is 0 Å². The van der Waals surface area contributed by atoms with Crippen molar-refractivity contribution in [3.8, 4) is 5.88 Å². The molecule has 0 spiro atoms. The molecule has 3 rings (SSSR count). The number of fused-ring (bicyclic) bond motifs is 1. The van der Waals surface area contributed by atoms with Gasteiger partial charge in [0.15, 0.2) is 0 Å². The van der Waals surface area contributed by atoms with Gasteiger partial charge in [-0.25, -0.2) is 9.97 Å². The van der Waals surface area contributed by atoms with Crippen molar-refractivity contribution in [3.05, 3.63) is 12.4 Å². The van der Waals surface area contributed by atoms with E-state index in [1.807, 2.05) is 6.07 Å². The SMILES string of the molecule is CCCOc1cc(N2CC3CNCC3C2C)ncn1. The number of hydrogen-bond donors (Lipinski definition) is 1. The van der Waals surface area contributed by atoms with Gasteiger partial charge in [0.1, 0.15) is 12.1 Å². The predicted octanol–water partition coefficient (Wildman–Crippen LogP) is 1.31. The Kier molecular flexibility index (Phi) is 3.55. The van der Waals surface area contributed by atoms with Crippen molar-refractivity contribution in [2.45, 2.75) is 26.3 Å². The van der Waals surface area contributed by atoms with Crippen molar-refractivity contribution in [1.82, 2.24) is 15.3 Å². The lowest BCUT2D eigenvalue weighted by atomic mass is 9.95. The van der Waals surface area contributed by atoms with Gasteiger partial charge in [-0.2, -0.15) is 0 Å². The number of nitrogens with zero attached hydrogens (tertiary/aromatic N) is 3. The minimum absolute atomic E-state index is 0.536. The molecular weight excluding hydrogens is 240 g/mol. The number of rotatable bonds is 4. The zero-order valence-electron chi connectivity index (χ0n) is 11.7. The maximum absolute atomic E-state index is 5.59. The Hall–Kier alpha value is -1.36. The molecule has 2 saturated heterocycles. The van der Waals surface area contributed by atoms with Crippen LogP contribution in [-0.2, 0) is 0 Å². The fraction of sp³-hybridized carbons (Fsp3) is 0.714. The van der Waals surface area contributed by atoms with Crippen molar-refractivity contribution >= 4 is 5.82 Å². The molecule has 2 aliphatic heterocycles. The molecule has 0 bridgehead atoms. The number of hydrogen-bond acceptors (Lipinski definition) is 5. The van der Waals surface area contributed by atoms with Crippen LogP contribution in [0.3, 0.4) is 0 Å². The average molecular weight is 262 g/mol. The lowest BCUT2D eigenvalue weighted by Crippen LogP contribution is -2.33. The van der Waals surface area contributed by atoms with Crippen LogP contribution in [0.2, 0.25) is 0 Å². The van der Waals surface area contributed by atoms with Crippen LogP contribution in [0.4, 0.5) is 5.82 Å². The van der Waals surface area contributed by atoms with Crippen LogP contribution in [0, 0.1) is 11.8 Å². The highest BCUT2D eigenvalue weighted by Crippen LogP contribution is 2.35. The summed E-state index contributed by atoms with van der Waals surface area (Å²) >= 11 is 0. The molecule has 0 amide bonds. The second-order valence-electron chi connectivity index (χ2n) is 5.54. The van der Waals surface area contributed by atoms with E-state index in [1.165, 1.54) is 0 Å². The maximum atomic E-state index is 5.59. The van der Waals surface area contributed by atoms with Gasteiger partial charge in [0.2, 0.25) is 5.88 Å². The van der Waals surface area contributed by atoms with Crippen LogP contribution in [0.5, 0.6) is 5.88 Å². The molecule has 0 radical (unpaired) electrons. The average Bonchev–Trinajstić information content (AvgIpc) is 3.00. The molecule has 0 aliphatic carbocycles. The largest absolute Gasteiger partial charge is 0.478 e. The lowest BCUT2D eigenvalue weighted by molar-refractivity contribution is 0.304. The molecule has 3 unspecified atom stereocenters. The molecule has 5 nitrogen and oxygen atoms in total.